The number of likely N-dealkylation sites (tertiary alicyclic amines) is 1. The average molecular weight is 354 g/mol. The molecule has 4 nitrogen and oxygen atoms in total. The maximum Gasteiger partial charge on any atom is 0.233 e. The van der Waals surface area contributed by atoms with Gasteiger partial charge in [0.1, 0.15) is 0 Å². The van der Waals surface area contributed by atoms with E-state index >= 15 is 0 Å². The van der Waals surface area contributed by atoms with Crippen molar-refractivity contribution in [3.05, 3.63) is 34.3 Å². The van der Waals surface area contributed by atoms with Crippen molar-refractivity contribution >= 4 is 21.8 Å². The molecule has 1 aromatic rings. The zero-order chi connectivity index (χ0) is 15.2. The van der Waals surface area contributed by atoms with Gasteiger partial charge in [-0.3, -0.25) is 9.69 Å². The van der Waals surface area contributed by atoms with Crippen LogP contribution in [-0.4, -0.2) is 43.5 Å². The normalized spacial score (nSPS) is 18.4. The van der Waals surface area contributed by atoms with Gasteiger partial charge < -0.3 is 10.6 Å². The Kier molecular flexibility index (Phi) is 6.21. The van der Waals surface area contributed by atoms with E-state index in [4.69, 9.17) is 0 Å². The first-order valence-electron chi connectivity index (χ1n) is 7.53. The van der Waals surface area contributed by atoms with Gasteiger partial charge in [-0.25, -0.2) is 0 Å². The minimum atomic E-state index is 0.1000. The quantitative estimate of drug-likeness (QED) is 0.853. The predicted molar refractivity (Wildman–Crippen MR) is 89.2 cm³/mol. The Hall–Kier alpha value is -0.910. The number of carbonyl (C=O) groups excluding carboxylic acids is 1. The second kappa shape index (κ2) is 7.92. The summed E-state index contributed by atoms with van der Waals surface area (Å²) in [6.45, 7) is 4.68. The molecular formula is C16H24BrN3O. The summed E-state index contributed by atoms with van der Waals surface area (Å²) in [5, 5.41) is 6.39. The molecule has 0 aliphatic carbocycles. The van der Waals surface area contributed by atoms with E-state index in [1.807, 2.05) is 6.07 Å². The van der Waals surface area contributed by atoms with Crippen LogP contribution in [0.1, 0.15) is 31.4 Å². The van der Waals surface area contributed by atoms with Crippen LogP contribution in [-0.2, 0) is 4.79 Å². The summed E-state index contributed by atoms with van der Waals surface area (Å²) in [5.41, 5.74) is 1.30. The molecule has 21 heavy (non-hydrogen) atoms. The van der Waals surface area contributed by atoms with Gasteiger partial charge in [-0.2, -0.15) is 0 Å². The molecule has 1 unspecified atom stereocenters. The molecule has 0 aromatic heterocycles. The topological polar surface area (TPSA) is 44.4 Å². The molecule has 1 aromatic carbocycles. The van der Waals surface area contributed by atoms with Gasteiger partial charge in [0.25, 0.3) is 0 Å². The second-order valence-electron chi connectivity index (χ2n) is 5.63. The molecule has 1 aliphatic rings. The van der Waals surface area contributed by atoms with E-state index in [-0.39, 0.29) is 5.91 Å². The summed E-state index contributed by atoms with van der Waals surface area (Å²) in [6, 6.07) is 9.20. The molecule has 1 amide bonds. The van der Waals surface area contributed by atoms with Gasteiger partial charge in [0, 0.05) is 36.7 Å². The van der Waals surface area contributed by atoms with Crippen LogP contribution >= 0.6 is 15.9 Å². The third kappa shape index (κ3) is 4.80. The van der Waals surface area contributed by atoms with Crippen molar-refractivity contribution in [3.8, 4) is 0 Å². The highest BCUT2D eigenvalue weighted by molar-refractivity contribution is 9.10. The average Bonchev–Trinajstić information content (AvgIpc) is 2.49. The van der Waals surface area contributed by atoms with Gasteiger partial charge in [-0.05, 0) is 31.4 Å². The smallest absolute Gasteiger partial charge is 0.233 e. The third-order valence-corrected chi connectivity index (χ3v) is 4.81. The Balaban J connectivity index is 1.81. The number of halogens is 1. The molecule has 1 heterocycles. The third-order valence-electron chi connectivity index (χ3n) is 4.09. The van der Waals surface area contributed by atoms with Crippen LogP contribution in [0.25, 0.3) is 0 Å². The number of nitrogens with one attached hydrogen (secondary N) is 2. The van der Waals surface area contributed by atoms with Gasteiger partial charge in [0.05, 0.1) is 6.54 Å². The lowest BCUT2D eigenvalue weighted by atomic mass is 10.0. The Bertz CT molecular complexity index is 472. The molecule has 5 heteroatoms. The van der Waals surface area contributed by atoms with Crippen LogP contribution < -0.4 is 10.6 Å². The fraction of sp³-hybridized carbons (Fsp3) is 0.562. The molecule has 2 N–H and O–H groups in total. The molecule has 116 valence electrons. The fourth-order valence-corrected chi connectivity index (χ4v) is 3.44. The Labute approximate surface area is 135 Å². The lowest BCUT2D eigenvalue weighted by molar-refractivity contribution is -0.122. The van der Waals surface area contributed by atoms with Crippen molar-refractivity contribution in [2.75, 3.05) is 26.7 Å². The summed E-state index contributed by atoms with van der Waals surface area (Å²) in [7, 11) is 1.69. The molecule has 1 atom stereocenters. The largest absolute Gasteiger partial charge is 0.358 e. The van der Waals surface area contributed by atoms with Crippen LogP contribution in [0.3, 0.4) is 0 Å². The lowest BCUT2D eigenvalue weighted by Gasteiger charge is -2.33. The Morgan fingerprint density at radius 1 is 1.38 bits per heavy atom. The number of nitrogens with zero attached hydrogens (tertiary/aromatic N) is 1. The summed E-state index contributed by atoms with van der Waals surface area (Å²) in [4.78, 5) is 13.6. The van der Waals surface area contributed by atoms with E-state index in [9.17, 15) is 4.79 Å². The van der Waals surface area contributed by atoms with E-state index in [0.717, 1.165) is 30.4 Å². The van der Waals surface area contributed by atoms with Crippen molar-refractivity contribution in [2.24, 2.45) is 0 Å². The van der Waals surface area contributed by atoms with Crippen LogP contribution in [0, 0.1) is 0 Å². The van der Waals surface area contributed by atoms with Crippen molar-refractivity contribution in [2.45, 2.75) is 31.8 Å². The Morgan fingerprint density at radius 2 is 2.05 bits per heavy atom. The number of hydrogen-bond donors (Lipinski definition) is 2. The summed E-state index contributed by atoms with van der Waals surface area (Å²) in [6.07, 6.45) is 2.18. The van der Waals surface area contributed by atoms with Gasteiger partial charge in [-0.15, -0.1) is 0 Å². The molecule has 0 saturated carbocycles. The molecule has 1 fully saturated rings. The number of piperidine rings is 1. The van der Waals surface area contributed by atoms with E-state index in [2.05, 4.69) is 56.6 Å². The number of carbonyl (C=O) groups is 1. The minimum absolute atomic E-state index is 0.1000. The van der Waals surface area contributed by atoms with Gasteiger partial charge in [0.2, 0.25) is 5.91 Å². The second-order valence-corrected chi connectivity index (χ2v) is 6.49. The highest BCUT2D eigenvalue weighted by Gasteiger charge is 2.22. The lowest BCUT2D eigenvalue weighted by Crippen LogP contribution is -2.46. The molecular weight excluding hydrogens is 330 g/mol. The molecule has 0 spiro atoms. The molecule has 1 aliphatic heterocycles. The number of likely N-dealkylation sites (N-methyl/N-ethyl adjacent to an activating group) is 1. The standard InChI is InChI=1S/C16H24BrN3O/c1-12(14-5-3-4-6-15(14)17)19-13-7-9-20(10-8-13)11-16(21)18-2/h3-6,12-13,19H,7-11H2,1-2H3,(H,18,21). The SMILES string of the molecule is CNC(=O)CN1CCC(NC(C)c2ccccc2Br)CC1. The number of amides is 1. The number of hydrogen-bond acceptors (Lipinski definition) is 3. The zero-order valence-corrected chi connectivity index (χ0v) is 14.3. The van der Waals surface area contributed by atoms with Gasteiger partial charge in [-0.1, -0.05) is 34.1 Å². The van der Waals surface area contributed by atoms with E-state index in [0.29, 0.717) is 18.6 Å². The van der Waals surface area contributed by atoms with Crippen LogP contribution in [0.5, 0.6) is 0 Å². The summed E-state index contributed by atoms with van der Waals surface area (Å²) in [5.74, 6) is 0.1000. The minimum Gasteiger partial charge on any atom is -0.358 e. The maximum absolute atomic E-state index is 11.4. The maximum atomic E-state index is 11.4. The van der Waals surface area contributed by atoms with E-state index in [1.54, 1.807) is 7.05 Å². The first-order valence-corrected chi connectivity index (χ1v) is 8.33. The number of rotatable bonds is 5. The highest BCUT2D eigenvalue weighted by atomic mass is 79.9. The first kappa shape index (κ1) is 16.5. The predicted octanol–water partition coefficient (Wildman–Crippen LogP) is 2.31. The molecule has 0 bridgehead atoms. The van der Waals surface area contributed by atoms with Crippen LogP contribution in [0.15, 0.2) is 28.7 Å². The van der Waals surface area contributed by atoms with Gasteiger partial charge >= 0.3 is 0 Å². The highest BCUT2D eigenvalue weighted by Crippen LogP contribution is 2.24. The van der Waals surface area contributed by atoms with E-state index in [1.165, 1.54) is 5.56 Å². The molecule has 1 saturated heterocycles. The van der Waals surface area contributed by atoms with Gasteiger partial charge in [0.15, 0.2) is 0 Å². The van der Waals surface area contributed by atoms with Crippen LogP contribution in [0.2, 0.25) is 0 Å². The van der Waals surface area contributed by atoms with E-state index < -0.39 is 0 Å². The Morgan fingerprint density at radius 3 is 2.67 bits per heavy atom. The van der Waals surface area contributed by atoms with Crippen molar-refractivity contribution < 1.29 is 4.79 Å². The molecule has 2 rings (SSSR count). The summed E-state index contributed by atoms with van der Waals surface area (Å²) >= 11 is 3.61. The monoisotopic (exact) mass is 353 g/mol. The zero-order valence-electron chi connectivity index (χ0n) is 12.7. The van der Waals surface area contributed by atoms with Crippen molar-refractivity contribution in [1.82, 2.24) is 15.5 Å². The fourth-order valence-electron chi connectivity index (χ4n) is 2.81. The van der Waals surface area contributed by atoms with Crippen molar-refractivity contribution in [1.29, 1.82) is 0 Å². The summed E-state index contributed by atoms with van der Waals surface area (Å²) < 4.78 is 1.15. The number of benzene rings is 1. The first-order chi connectivity index (χ1) is 10.1. The van der Waals surface area contributed by atoms with Crippen LogP contribution in [0.4, 0.5) is 0 Å². The molecule has 0 radical (unpaired) electrons. The van der Waals surface area contributed by atoms with Crippen molar-refractivity contribution in [3.63, 3.8) is 0 Å².